The molecule has 0 N–H and O–H groups in total. The minimum atomic E-state index is 0.412. The third-order valence-corrected chi connectivity index (χ3v) is 13.5. The Morgan fingerprint density at radius 2 is 1.59 bits per heavy atom. The van der Waals surface area contributed by atoms with Crippen molar-refractivity contribution in [3.8, 4) is 0 Å². The Balaban J connectivity index is 1.32. The average Bonchev–Trinajstić information content (AvgIpc) is 3.30. The summed E-state index contributed by atoms with van der Waals surface area (Å²) in [5, 5.41) is 0. The van der Waals surface area contributed by atoms with Gasteiger partial charge in [0.1, 0.15) is 6.10 Å². The van der Waals surface area contributed by atoms with E-state index >= 15 is 0 Å². The summed E-state index contributed by atoms with van der Waals surface area (Å²) in [6, 6.07) is 10.1. The van der Waals surface area contributed by atoms with Crippen LogP contribution >= 0.6 is 0 Å². The third kappa shape index (κ3) is 3.51. The van der Waals surface area contributed by atoms with Gasteiger partial charge in [0.25, 0.3) is 6.02 Å². The van der Waals surface area contributed by atoms with E-state index in [1.807, 2.05) is 0 Å². The SMILES string of the molecule is CC(C)c1cccc(C(C)C)c1B1C2CC3CC(C)C(C)CC3C3N=C4OC5CCCC6CCC1C(C65)N4C23. The molecular weight excluding hydrogens is 475 g/mol. The van der Waals surface area contributed by atoms with Crippen molar-refractivity contribution < 1.29 is 4.74 Å². The summed E-state index contributed by atoms with van der Waals surface area (Å²) in [4.78, 5) is 8.54. The van der Waals surface area contributed by atoms with Crippen LogP contribution in [0, 0.1) is 35.5 Å². The molecule has 0 spiro atoms. The van der Waals surface area contributed by atoms with E-state index in [0.717, 1.165) is 47.3 Å². The number of nitrogens with zero attached hydrogens (tertiary/aromatic N) is 2. The third-order valence-electron chi connectivity index (χ3n) is 13.5. The molecule has 210 valence electrons. The lowest BCUT2D eigenvalue weighted by Crippen LogP contribution is -2.73. The van der Waals surface area contributed by atoms with Gasteiger partial charge < -0.3 is 9.64 Å². The van der Waals surface area contributed by atoms with Gasteiger partial charge in [0.15, 0.2) is 6.71 Å². The van der Waals surface area contributed by atoms with Crippen LogP contribution in [0.15, 0.2) is 23.2 Å². The van der Waals surface area contributed by atoms with E-state index in [-0.39, 0.29) is 0 Å². The van der Waals surface area contributed by atoms with Gasteiger partial charge in [-0.2, -0.15) is 0 Å². The lowest BCUT2D eigenvalue weighted by Gasteiger charge is -2.64. The summed E-state index contributed by atoms with van der Waals surface area (Å²) < 4.78 is 6.98. The lowest BCUT2D eigenvalue weighted by atomic mass is 9.21. The van der Waals surface area contributed by atoms with Crippen LogP contribution in [0.1, 0.15) is 116 Å². The summed E-state index contributed by atoms with van der Waals surface area (Å²) in [6.45, 7) is 15.5. The van der Waals surface area contributed by atoms with Crippen molar-refractivity contribution in [2.75, 3.05) is 0 Å². The highest BCUT2D eigenvalue weighted by Gasteiger charge is 2.68. The summed E-state index contributed by atoms with van der Waals surface area (Å²) >= 11 is 0. The minimum absolute atomic E-state index is 0.412. The molecule has 6 fully saturated rings. The molecule has 12 unspecified atom stereocenters. The number of aliphatic imine (C=N–C) groups is 1. The lowest BCUT2D eigenvalue weighted by molar-refractivity contribution is -0.0909. The second-order valence-corrected chi connectivity index (χ2v) is 15.9. The molecule has 1 aromatic carbocycles. The molecule has 4 heteroatoms. The maximum atomic E-state index is 6.98. The molecule has 8 rings (SSSR count). The second kappa shape index (κ2) is 9.03. The van der Waals surface area contributed by atoms with Gasteiger partial charge in [0.2, 0.25) is 0 Å². The maximum Gasteiger partial charge on any atom is 0.288 e. The number of hydrogen-bond acceptors (Lipinski definition) is 3. The van der Waals surface area contributed by atoms with Crippen molar-refractivity contribution in [1.82, 2.24) is 4.90 Å². The molecule has 39 heavy (non-hydrogen) atoms. The molecule has 3 heterocycles. The van der Waals surface area contributed by atoms with Gasteiger partial charge >= 0.3 is 0 Å². The van der Waals surface area contributed by atoms with Crippen molar-refractivity contribution >= 4 is 18.2 Å². The van der Waals surface area contributed by atoms with Crippen molar-refractivity contribution in [3.05, 3.63) is 29.3 Å². The van der Waals surface area contributed by atoms with Crippen LogP contribution in [-0.4, -0.2) is 41.9 Å². The zero-order valence-corrected chi connectivity index (χ0v) is 25.4. The Morgan fingerprint density at radius 3 is 2.33 bits per heavy atom. The summed E-state index contributed by atoms with van der Waals surface area (Å²) in [5.41, 5.74) is 5.09. The second-order valence-electron chi connectivity index (χ2n) is 15.9. The van der Waals surface area contributed by atoms with Crippen LogP contribution < -0.4 is 5.46 Å². The van der Waals surface area contributed by atoms with Crippen molar-refractivity contribution in [3.63, 3.8) is 0 Å². The van der Waals surface area contributed by atoms with Gasteiger partial charge in [-0.15, -0.1) is 0 Å². The van der Waals surface area contributed by atoms with Crippen LogP contribution in [0.4, 0.5) is 0 Å². The molecule has 0 bridgehead atoms. The summed E-state index contributed by atoms with van der Waals surface area (Å²) in [6.07, 6.45) is 11.5. The van der Waals surface area contributed by atoms with Crippen LogP contribution in [0.3, 0.4) is 0 Å². The van der Waals surface area contributed by atoms with Crippen molar-refractivity contribution in [2.24, 2.45) is 40.5 Å². The van der Waals surface area contributed by atoms with E-state index < -0.39 is 0 Å². The average molecular weight is 527 g/mol. The molecular formula is C35H51BN2O. The van der Waals surface area contributed by atoms with Crippen LogP contribution in [0.25, 0.3) is 0 Å². The molecule has 7 aliphatic rings. The highest BCUT2D eigenvalue weighted by atomic mass is 16.5. The number of amidine groups is 1. The normalized spacial score (nSPS) is 45.6. The largest absolute Gasteiger partial charge is 0.461 e. The number of ether oxygens (including phenoxy) is 1. The molecule has 2 saturated heterocycles. The quantitative estimate of drug-likeness (QED) is 0.382. The topological polar surface area (TPSA) is 24.8 Å². The predicted octanol–water partition coefficient (Wildman–Crippen LogP) is 7.48. The molecule has 0 aromatic heterocycles. The van der Waals surface area contributed by atoms with Crippen LogP contribution in [-0.2, 0) is 4.74 Å². The van der Waals surface area contributed by atoms with Gasteiger partial charge in [-0.05, 0) is 85.2 Å². The standard InChI is InChI=1S/C35H51BN2O/c1-18(2)24-10-8-11-25(19(3)4)31(24)36-27-14-13-22-9-7-12-29-30(22)33(27)38-34-28(36)17-23-15-20(5)21(6)16-26(23)32(34)37-35(38)39-29/h8,10-11,18-23,26-30,32-34H,7,9,12-17H2,1-6H3. The summed E-state index contributed by atoms with van der Waals surface area (Å²) in [7, 11) is 0. The number of hydrogen-bond donors (Lipinski definition) is 0. The fraction of sp³-hybridized carbons (Fsp3) is 0.800. The van der Waals surface area contributed by atoms with E-state index in [2.05, 4.69) is 64.6 Å². The molecule has 3 nitrogen and oxygen atoms in total. The minimum Gasteiger partial charge on any atom is -0.461 e. The molecule has 1 aromatic rings. The number of fused-ring (bicyclic) bond motifs is 2. The zero-order chi connectivity index (χ0) is 26.7. The first-order valence-electron chi connectivity index (χ1n) is 17.0. The van der Waals surface area contributed by atoms with Crippen molar-refractivity contribution in [2.45, 2.75) is 141 Å². The summed E-state index contributed by atoms with van der Waals surface area (Å²) in [5.74, 6) is 7.43. The first kappa shape index (κ1) is 25.3. The van der Waals surface area contributed by atoms with E-state index in [1.165, 1.54) is 51.4 Å². The number of benzene rings is 1. The first-order valence-corrected chi connectivity index (χ1v) is 17.0. The zero-order valence-electron chi connectivity index (χ0n) is 25.4. The Hall–Kier alpha value is -1.45. The van der Waals surface area contributed by atoms with Gasteiger partial charge in [-0.3, -0.25) is 0 Å². The number of rotatable bonds is 3. The Kier molecular flexibility index (Phi) is 5.85. The van der Waals surface area contributed by atoms with E-state index in [4.69, 9.17) is 9.73 Å². The van der Waals surface area contributed by atoms with Crippen LogP contribution in [0.5, 0.6) is 0 Å². The fourth-order valence-corrected chi connectivity index (χ4v) is 11.8. The first-order chi connectivity index (χ1) is 18.8. The van der Waals surface area contributed by atoms with E-state index in [0.29, 0.717) is 48.6 Å². The van der Waals surface area contributed by atoms with E-state index in [9.17, 15) is 0 Å². The Morgan fingerprint density at radius 1 is 0.846 bits per heavy atom. The molecule has 12 atom stereocenters. The fourth-order valence-electron chi connectivity index (χ4n) is 11.8. The van der Waals surface area contributed by atoms with Gasteiger partial charge in [0, 0.05) is 12.0 Å². The maximum absolute atomic E-state index is 6.98. The molecule has 0 radical (unpaired) electrons. The smallest absolute Gasteiger partial charge is 0.288 e. The molecule has 0 amide bonds. The highest BCUT2D eigenvalue weighted by molar-refractivity contribution is 6.77. The van der Waals surface area contributed by atoms with Crippen molar-refractivity contribution in [1.29, 1.82) is 0 Å². The van der Waals surface area contributed by atoms with E-state index in [1.54, 1.807) is 16.6 Å². The highest BCUT2D eigenvalue weighted by Crippen LogP contribution is 2.63. The van der Waals surface area contributed by atoms with Gasteiger partial charge in [0.05, 0.1) is 12.1 Å². The molecule has 3 aliphatic heterocycles. The Labute approximate surface area is 238 Å². The predicted molar refractivity (Wildman–Crippen MR) is 162 cm³/mol. The van der Waals surface area contributed by atoms with Gasteiger partial charge in [-0.25, -0.2) is 4.99 Å². The molecule has 4 aliphatic carbocycles. The Bertz CT molecular complexity index is 1140. The van der Waals surface area contributed by atoms with Gasteiger partial charge in [-0.1, -0.05) is 95.6 Å². The van der Waals surface area contributed by atoms with Crippen LogP contribution in [0.2, 0.25) is 11.6 Å². The molecule has 4 saturated carbocycles. The monoisotopic (exact) mass is 526 g/mol.